The molecular formula is C20H26FN5. The van der Waals surface area contributed by atoms with Gasteiger partial charge < -0.3 is 9.80 Å². The molecule has 4 rings (SSSR count). The molecule has 0 atom stereocenters. The van der Waals surface area contributed by atoms with Gasteiger partial charge in [-0.15, -0.1) is 0 Å². The highest BCUT2D eigenvalue weighted by molar-refractivity contribution is 5.46. The predicted octanol–water partition coefficient (Wildman–Crippen LogP) is 2.85. The lowest BCUT2D eigenvalue weighted by atomic mass is 10.2. The molecule has 26 heavy (non-hydrogen) atoms. The molecule has 138 valence electrons. The Morgan fingerprint density at radius 2 is 1.65 bits per heavy atom. The van der Waals surface area contributed by atoms with Crippen molar-refractivity contribution in [2.45, 2.75) is 26.3 Å². The van der Waals surface area contributed by atoms with Crippen LogP contribution in [0.5, 0.6) is 0 Å². The number of hydrogen-bond acceptors (Lipinski definition) is 5. The van der Waals surface area contributed by atoms with Crippen LogP contribution in [0.3, 0.4) is 0 Å². The molecule has 6 heteroatoms. The molecule has 2 aromatic rings. The molecule has 0 radical (unpaired) electrons. The van der Waals surface area contributed by atoms with E-state index in [1.807, 2.05) is 19.1 Å². The van der Waals surface area contributed by atoms with Crippen LogP contribution in [0.15, 0.2) is 30.3 Å². The standard InChI is InChI=1S/C20H26FN5/c1-16-14-19(25-8-4-5-9-25)23-20(22-16)26-12-10-24(11-13-26)15-17-6-2-3-7-18(17)21/h2-3,6-7,14H,4-5,8-13,15H2,1H3. The first-order valence-electron chi connectivity index (χ1n) is 9.50. The quantitative estimate of drug-likeness (QED) is 0.843. The van der Waals surface area contributed by atoms with Gasteiger partial charge in [0.1, 0.15) is 11.6 Å². The zero-order valence-corrected chi connectivity index (χ0v) is 15.4. The number of piperazine rings is 1. The minimum atomic E-state index is -0.118. The van der Waals surface area contributed by atoms with Crippen LogP contribution < -0.4 is 9.80 Å². The van der Waals surface area contributed by atoms with E-state index in [-0.39, 0.29) is 5.82 Å². The number of hydrogen-bond donors (Lipinski definition) is 0. The van der Waals surface area contributed by atoms with Crippen LogP contribution in [0.2, 0.25) is 0 Å². The predicted molar refractivity (Wildman–Crippen MR) is 102 cm³/mol. The van der Waals surface area contributed by atoms with Crippen LogP contribution in [-0.4, -0.2) is 54.1 Å². The summed E-state index contributed by atoms with van der Waals surface area (Å²) in [7, 11) is 0. The van der Waals surface area contributed by atoms with Crippen molar-refractivity contribution < 1.29 is 4.39 Å². The molecule has 2 fully saturated rings. The lowest BCUT2D eigenvalue weighted by Gasteiger charge is -2.35. The van der Waals surface area contributed by atoms with Crippen LogP contribution >= 0.6 is 0 Å². The zero-order chi connectivity index (χ0) is 17.9. The number of rotatable bonds is 4. The summed E-state index contributed by atoms with van der Waals surface area (Å²) < 4.78 is 13.9. The van der Waals surface area contributed by atoms with Crippen molar-refractivity contribution in [1.29, 1.82) is 0 Å². The van der Waals surface area contributed by atoms with E-state index in [0.717, 1.165) is 62.3 Å². The lowest BCUT2D eigenvalue weighted by molar-refractivity contribution is 0.245. The number of aryl methyl sites for hydroxylation is 1. The normalized spacial score (nSPS) is 18.5. The summed E-state index contributed by atoms with van der Waals surface area (Å²) in [4.78, 5) is 16.4. The Hall–Kier alpha value is -2.21. The van der Waals surface area contributed by atoms with Crippen LogP contribution in [0.1, 0.15) is 24.1 Å². The Balaban J connectivity index is 1.41. The van der Waals surface area contributed by atoms with Gasteiger partial charge in [0.25, 0.3) is 0 Å². The first kappa shape index (κ1) is 17.2. The average Bonchev–Trinajstić information content (AvgIpc) is 3.19. The minimum absolute atomic E-state index is 0.118. The van der Waals surface area contributed by atoms with E-state index in [2.05, 4.69) is 25.8 Å². The summed E-state index contributed by atoms with van der Waals surface area (Å²) in [5.74, 6) is 1.77. The topological polar surface area (TPSA) is 35.5 Å². The largest absolute Gasteiger partial charge is 0.356 e. The fraction of sp³-hybridized carbons (Fsp3) is 0.500. The van der Waals surface area contributed by atoms with Crippen molar-refractivity contribution in [2.24, 2.45) is 0 Å². The van der Waals surface area contributed by atoms with Gasteiger partial charge in [0.2, 0.25) is 5.95 Å². The molecular weight excluding hydrogens is 329 g/mol. The number of nitrogens with zero attached hydrogens (tertiary/aromatic N) is 5. The molecule has 2 saturated heterocycles. The van der Waals surface area contributed by atoms with Crippen molar-refractivity contribution in [1.82, 2.24) is 14.9 Å². The van der Waals surface area contributed by atoms with E-state index in [0.29, 0.717) is 6.54 Å². The van der Waals surface area contributed by atoms with E-state index in [4.69, 9.17) is 4.98 Å². The Labute approximate surface area is 154 Å². The van der Waals surface area contributed by atoms with Gasteiger partial charge in [0, 0.05) is 63.1 Å². The maximum absolute atomic E-state index is 13.9. The number of halogens is 1. The summed E-state index contributed by atoms with van der Waals surface area (Å²) >= 11 is 0. The van der Waals surface area contributed by atoms with Crippen LogP contribution in [0, 0.1) is 12.7 Å². The third-order valence-corrected chi connectivity index (χ3v) is 5.27. The van der Waals surface area contributed by atoms with Gasteiger partial charge in [0.15, 0.2) is 0 Å². The Bertz CT molecular complexity index is 752. The van der Waals surface area contributed by atoms with Crippen molar-refractivity contribution in [2.75, 3.05) is 49.1 Å². The number of aromatic nitrogens is 2. The maximum Gasteiger partial charge on any atom is 0.227 e. The highest BCUT2D eigenvalue weighted by atomic mass is 19.1. The van der Waals surface area contributed by atoms with Crippen LogP contribution in [0.25, 0.3) is 0 Å². The average molecular weight is 355 g/mol. The molecule has 2 aliphatic rings. The van der Waals surface area contributed by atoms with Crippen molar-refractivity contribution >= 4 is 11.8 Å². The van der Waals surface area contributed by atoms with Crippen LogP contribution in [0.4, 0.5) is 16.2 Å². The number of benzene rings is 1. The molecule has 3 heterocycles. The van der Waals surface area contributed by atoms with E-state index in [9.17, 15) is 4.39 Å². The molecule has 0 N–H and O–H groups in total. The van der Waals surface area contributed by atoms with E-state index in [1.165, 1.54) is 18.9 Å². The van der Waals surface area contributed by atoms with Gasteiger partial charge in [-0.1, -0.05) is 18.2 Å². The molecule has 1 aromatic carbocycles. The molecule has 5 nitrogen and oxygen atoms in total. The van der Waals surface area contributed by atoms with Gasteiger partial charge in [-0.05, 0) is 25.8 Å². The molecule has 0 saturated carbocycles. The molecule has 2 aliphatic heterocycles. The highest BCUT2D eigenvalue weighted by Crippen LogP contribution is 2.22. The van der Waals surface area contributed by atoms with E-state index >= 15 is 0 Å². The fourth-order valence-electron chi connectivity index (χ4n) is 3.76. The summed E-state index contributed by atoms with van der Waals surface area (Å²) in [5, 5.41) is 0. The second-order valence-electron chi connectivity index (χ2n) is 7.22. The van der Waals surface area contributed by atoms with Gasteiger partial charge in [-0.2, -0.15) is 4.98 Å². The van der Waals surface area contributed by atoms with Gasteiger partial charge >= 0.3 is 0 Å². The lowest BCUT2D eigenvalue weighted by Crippen LogP contribution is -2.46. The smallest absolute Gasteiger partial charge is 0.227 e. The van der Waals surface area contributed by atoms with Gasteiger partial charge in [-0.25, -0.2) is 9.37 Å². The molecule has 0 bridgehead atoms. The second-order valence-corrected chi connectivity index (χ2v) is 7.22. The zero-order valence-electron chi connectivity index (χ0n) is 15.4. The highest BCUT2D eigenvalue weighted by Gasteiger charge is 2.22. The molecule has 0 amide bonds. The summed E-state index contributed by atoms with van der Waals surface area (Å²) in [5.41, 5.74) is 1.79. The van der Waals surface area contributed by atoms with E-state index < -0.39 is 0 Å². The van der Waals surface area contributed by atoms with Crippen molar-refractivity contribution in [3.05, 3.63) is 47.4 Å². The third kappa shape index (κ3) is 3.80. The summed E-state index contributed by atoms with van der Waals surface area (Å²) in [6.07, 6.45) is 2.49. The Kier molecular flexibility index (Phi) is 5.02. The van der Waals surface area contributed by atoms with Crippen molar-refractivity contribution in [3.63, 3.8) is 0 Å². The van der Waals surface area contributed by atoms with Crippen LogP contribution in [-0.2, 0) is 6.54 Å². The summed E-state index contributed by atoms with van der Waals surface area (Å²) in [6, 6.07) is 9.13. The third-order valence-electron chi connectivity index (χ3n) is 5.27. The fourth-order valence-corrected chi connectivity index (χ4v) is 3.76. The molecule has 0 spiro atoms. The first-order chi connectivity index (χ1) is 12.7. The second kappa shape index (κ2) is 7.58. The van der Waals surface area contributed by atoms with Gasteiger partial charge in [0.05, 0.1) is 0 Å². The Morgan fingerprint density at radius 3 is 2.38 bits per heavy atom. The SMILES string of the molecule is Cc1cc(N2CCCC2)nc(N2CCN(Cc3ccccc3F)CC2)n1. The van der Waals surface area contributed by atoms with Crippen molar-refractivity contribution in [3.8, 4) is 0 Å². The first-order valence-corrected chi connectivity index (χ1v) is 9.50. The summed E-state index contributed by atoms with van der Waals surface area (Å²) in [6.45, 7) is 8.41. The monoisotopic (exact) mass is 355 g/mol. The van der Waals surface area contributed by atoms with E-state index in [1.54, 1.807) is 6.07 Å². The Morgan fingerprint density at radius 1 is 0.923 bits per heavy atom. The maximum atomic E-state index is 13.9. The number of anilines is 2. The minimum Gasteiger partial charge on any atom is -0.356 e. The molecule has 0 unspecified atom stereocenters. The van der Waals surface area contributed by atoms with Gasteiger partial charge in [-0.3, -0.25) is 4.90 Å². The molecule has 1 aromatic heterocycles. The molecule has 0 aliphatic carbocycles.